The van der Waals surface area contributed by atoms with Crippen molar-refractivity contribution in [2.45, 2.75) is 19.8 Å². The monoisotopic (exact) mass is 403 g/mol. The zero-order valence-electron chi connectivity index (χ0n) is 16.7. The number of benzene rings is 1. The number of pyridine rings is 1. The molecule has 0 saturated heterocycles. The predicted octanol–water partition coefficient (Wildman–Crippen LogP) is 3.49. The summed E-state index contributed by atoms with van der Waals surface area (Å²) in [6.45, 7) is 4.88. The summed E-state index contributed by atoms with van der Waals surface area (Å²) in [5.74, 6) is 1.28. The lowest BCUT2D eigenvalue weighted by Gasteiger charge is -2.24. The Morgan fingerprint density at radius 3 is 2.63 bits per heavy atom. The van der Waals surface area contributed by atoms with Crippen LogP contribution in [-0.2, 0) is 0 Å². The van der Waals surface area contributed by atoms with E-state index in [-0.39, 0.29) is 5.88 Å². The highest BCUT2D eigenvalue weighted by molar-refractivity contribution is 5.76. The number of H-pyrrole nitrogens is 1. The van der Waals surface area contributed by atoms with Crippen LogP contribution in [0.2, 0.25) is 0 Å². The van der Waals surface area contributed by atoms with E-state index in [1.54, 1.807) is 12.4 Å². The van der Waals surface area contributed by atoms with Crippen molar-refractivity contribution >= 4 is 0 Å². The minimum Gasteiger partial charge on any atom is -0.494 e. The summed E-state index contributed by atoms with van der Waals surface area (Å²) >= 11 is 0. The summed E-state index contributed by atoms with van der Waals surface area (Å²) in [4.78, 5) is 4.08. The molecule has 0 spiro atoms. The fraction of sp³-hybridized carbons (Fsp3) is 0.227. The normalized spacial score (nSPS) is 15.2. The van der Waals surface area contributed by atoms with Gasteiger partial charge in [0.2, 0.25) is 11.8 Å². The first-order chi connectivity index (χ1) is 14.7. The maximum absolute atomic E-state index is 9.80. The molecular weight excluding hydrogens is 382 g/mol. The Morgan fingerprint density at radius 1 is 1.17 bits per heavy atom. The van der Waals surface area contributed by atoms with Gasteiger partial charge >= 0.3 is 0 Å². The van der Waals surface area contributed by atoms with E-state index >= 15 is 0 Å². The molecule has 8 nitrogen and oxygen atoms in total. The Morgan fingerprint density at radius 2 is 1.93 bits per heavy atom. The zero-order valence-corrected chi connectivity index (χ0v) is 16.7. The van der Waals surface area contributed by atoms with Crippen molar-refractivity contribution in [1.29, 1.82) is 5.26 Å². The highest BCUT2D eigenvalue weighted by Crippen LogP contribution is 2.47. The standard InChI is InChI=1S/C22H21N5O3/c1-3-28-14-5-6-15(17(11-14)29-4-2)20-19-18(13-7-9-25-10-8-13)16(12-23)21(24)30-22(19)27-26-20/h5-11,18H,3-4,24H2,1-2H3,(H,26,27)/t18-/m1/s1. The van der Waals surface area contributed by atoms with E-state index in [4.69, 9.17) is 19.9 Å². The third kappa shape index (κ3) is 3.31. The highest BCUT2D eigenvalue weighted by Gasteiger charge is 2.36. The summed E-state index contributed by atoms with van der Waals surface area (Å²) in [6, 6.07) is 11.5. The summed E-state index contributed by atoms with van der Waals surface area (Å²) in [7, 11) is 0. The van der Waals surface area contributed by atoms with Gasteiger partial charge in [0, 0.05) is 24.0 Å². The van der Waals surface area contributed by atoms with Crippen LogP contribution in [0.1, 0.15) is 30.9 Å². The van der Waals surface area contributed by atoms with Crippen molar-refractivity contribution in [2.75, 3.05) is 13.2 Å². The first-order valence-corrected chi connectivity index (χ1v) is 9.63. The van der Waals surface area contributed by atoms with Crippen LogP contribution >= 0.6 is 0 Å². The molecule has 0 unspecified atom stereocenters. The summed E-state index contributed by atoms with van der Waals surface area (Å²) < 4.78 is 17.1. The number of ether oxygens (including phenoxy) is 3. The molecule has 3 N–H and O–H groups in total. The van der Waals surface area contributed by atoms with Gasteiger partial charge in [-0.15, -0.1) is 5.10 Å². The molecule has 0 bridgehead atoms. The average molecular weight is 403 g/mol. The Bertz CT molecular complexity index is 1130. The molecule has 0 aliphatic carbocycles. The van der Waals surface area contributed by atoms with Gasteiger partial charge in [-0.1, -0.05) is 0 Å². The molecule has 2 aromatic heterocycles. The van der Waals surface area contributed by atoms with E-state index in [1.165, 1.54) is 0 Å². The molecule has 1 atom stereocenters. The molecule has 3 heterocycles. The molecule has 1 aromatic carbocycles. The van der Waals surface area contributed by atoms with Crippen LogP contribution < -0.4 is 19.9 Å². The SMILES string of the molecule is CCOc1ccc(-c2[nH]nc3c2[C@H](c2ccncc2)C(C#N)=C(N)O3)c(OCC)c1. The van der Waals surface area contributed by atoms with Crippen molar-refractivity contribution in [1.82, 2.24) is 15.2 Å². The Balaban J connectivity index is 1.91. The molecule has 30 heavy (non-hydrogen) atoms. The number of nitrogens with two attached hydrogens (primary N) is 1. The molecule has 0 fully saturated rings. The maximum atomic E-state index is 9.80. The van der Waals surface area contributed by atoms with Gasteiger partial charge in [0.05, 0.1) is 30.4 Å². The van der Waals surface area contributed by atoms with Crippen LogP contribution in [-0.4, -0.2) is 28.4 Å². The van der Waals surface area contributed by atoms with Crippen LogP contribution in [0.5, 0.6) is 17.4 Å². The van der Waals surface area contributed by atoms with Crippen molar-refractivity contribution in [3.8, 4) is 34.7 Å². The van der Waals surface area contributed by atoms with Gasteiger partial charge in [-0.3, -0.25) is 10.1 Å². The number of hydrogen-bond donors (Lipinski definition) is 2. The highest BCUT2D eigenvalue weighted by atomic mass is 16.5. The molecule has 152 valence electrons. The lowest BCUT2D eigenvalue weighted by molar-refractivity contribution is 0.324. The fourth-order valence-electron chi connectivity index (χ4n) is 3.58. The van der Waals surface area contributed by atoms with Gasteiger partial charge in [0.15, 0.2) is 0 Å². The first kappa shape index (κ1) is 19.3. The number of aromatic nitrogens is 3. The van der Waals surface area contributed by atoms with E-state index in [9.17, 15) is 5.26 Å². The number of fused-ring (bicyclic) bond motifs is 1. The second kappa shape index (κ2) is 8.17. The third-order valence-electron chi connectivity index (χ3n) is 4.81. The lowest BCUT2D eigenvalue weighted by Crippen LogP contribution is -2.21. The van der Waals surface area contributed by atoms with Gasteiger partial charge in [-0.2, -0.15) is 5.26 Å². The van der Waals surface area contributed by atoms with Gasteiger partial charge in [-0.05, 0) is 43.7 Å². The fourth-order valence-corrected chi connectivity index (χ4v) is 3.58. The van der Waals surface area contributed by atoms with Crippen LogP contribution in [0.4, 0.5) is 0 Å². The zero-order chi connectivity index (χ0) is 21.1. The largest absolute Gasteiger partial charge is 0.494 e. The minimum absolute atomic E-state index is 0.0431. The van der Waals surface area contributed by atoms with E-state index in [2.05, 4.69) is 21.3 Å². The molecule has 1 aliphatic rings. The molecule has 0 saturated carbocycles. The number of allylic oxidation sites excluding steroid dienone is 1. The summed E-state index contributed by atoms with van der Waals surface area (Å²) in [5.41, 5.74) is 9.42. The van der Waals surface area contributed by atoms with E-state index in [0.717, 1.165) is 16.7 Å². The predicted molar refractivity (Wildman–Crippen MR) is 110 cm³/mol. The van der Waals surface area contributed by atoms with Crippen LogP contribution in [0.3, 0.4) is 0 Å². The van der Waals surface area contributed by atoms with Crippen LogP contribution in [0, 0.1) is 11.3 Å². The third-order valence-corrected chi connectivity index (χ3v) is 4.81. The second-order valence-corrected chi connectivity index (χ2v) is 6.55. The molecule has 1 aliphatic heterocycles. The summed E-state index contributed by atoms with van der Waals surface area (Å²) in [5, 5.41) is 17.2. The van der Waals surface area contributed by atoms with Crippen molar-refractivity contribution in [3.63, 3.8) is 0 Å². The number of nitrogens with zero attached hydrogens (tertiary/aromatic N) is 3. The Hall–Kier alpha value is -3.99. The van der Waals surface area contributed by atoms with Crippen LogP contribution in [0.15, 0.2) is 54.2 Å². The van der Waals surface area contributed by atoms with Gasteiger partial charge in [-0.25, -0.2) is 0 Å². The maximum Gasteiger partial charge on any atom is 0.244 e. The van der Waals surface area contributed by atoms with E-state index in [0.29, 0.717) is 41.9 Å². The van der Waals surface area contributed by atoms with E-state index in [1.807, 2.05) is 44.2 Å². The van der Waals surface area contributed by atoms with Gasteiger partial charge in [0.1, 0.15) is 23.1 Å². The topological polar surface area (TPSA) is 119 Å². The van der Waals surface area contributed by atoms with E-state index < -0.39 is 5.92 Å². The van der Waals surface area contributed by atoms with Crippen molar-refractivity contribution in [2.24, 2.45) is 5.73 Å². The molecule has 0 amide bonds. The van der Waals surface area contributed by atoms with Crippen molar-refractivity contribution < 1.29 is 14.2 Å². The Kier molecular flexibility index (Phi) is 5.26. The number of nitriles is 1. The first-order valence-electron chi connectivity index (χ1n) is 9.63. The molecule has 0 radical (unpaired) electrons. The van der Waals surface area contributed by atoms with Gasteiger partial charge in [0.25, 0.3) is 0 Å². The average Bonchev–Trinajstić information content (AvgIpc) is 3.17. The minimum atomic E-state index is -0.448. The number of aromatic amines is 1. The molecule has 8 heteroatoms. The smallest absolute Gasteiger partial charge is 0.244 e. The Labute approximate surface area is 173 Å². The van der Waals surface area contributed by atoms with Gasteiger partial charge < -0.3 is 19.9 Å². The summed E-state index contributed by atoms with van der Waals surface area (Å²) in [6.07, 6.45) is 3.36. The van der Waals surface area contributed by atoms with Crippen LogP contribution in [0.25, 0.3) is 11.3 Å². The quantitative estimate of drug-likeness (QED) is 0.646. The molecule has 3 aromatic rings. The van der Waals surface area contributed by atoms with Crippen molar-refractivity contribution in [3.05, 3.63) is 65.3 Å². The lowest BCUT2D eigenvalue weighted by atomic mass is 9.83. The number of rotatable bonds is 6. The molecule has 4 rings (SSSR count). The second-order valence-electron chi connectivity index (χ2n) is 6.55. The number of nitrogens with one attached hydrogen (secondary N) is 1. The number of hydrogen-bond acceptors (Lipinski definition) is 7. The molecular formula is C22H21N5O3.